The average Bonchev–Trinajstić information content (AvgIpc) is 2.35. The second-order valence-corrected chi connectivity index (χ2v) is 6.47. The first-order chi connectivity index (χ1) is 8.77. The quantitative estimate of drug-likeness (QED) is 0.828. The molecule has 3 heteroatoms. The minimum atomic E-state index is 0.139. The molecule has 108 valence electrons. The maximum atomic E-state index is 6.14. The van der Waals surface area contributed by atoms with Gasteiger partial charge in [0, 0.05) is 35.9 Å². The molecule has 0 aliphatic rings. The van der Waals surface area contributed by atoms with Gasteiger partial charge in [0.1, 0.15) is 0 Å². The SMILES string of the molecule is CCC(C)(C)N(C)c1ccc(Cl)cc1CNC(C)C. The van der Waals surface area contributed by atoms with Gasteiger partial charge in [-0.05, 0) is 44.0 Å². The Morgan fingerprint density at radius 2 is 1.95 bits per heavy atom. The van der Waals surface area contributed by atoms with Crippen LogP contribution in [0.25, 0.3) is 0 Å². The summed E-state index contributed by atoms with van der Waals surface area (Å²) in [5.41, 5.74) is 2.65. The van der Waals surface area contributed by atoms with E-state index in [-0.39, 0.29) is 5.54 Å². The van der Waals surface area contributed by atoms with E-state index in [0.29, 0.717) is 6.04 Å². The minimum absolute atomic E-state index is 0.139. The number of nitrogens with zero attached hydrogens (tertiary/aromatic N) is 1. The van der Waals surface area contributed by atoms with E-state index in [1.807, 2.05) is 6.07 Å². The molecule has 0 amide bonds. The molecule has 0 bridgehead atoms. The molecule has 0 aliphatic heterocycles. The van der Waals surface area contributed by atoms with Crippen molar-refractivity contribution >= 4 is 17.3 Å². The maximum absolute atomic E-state index is 6.14. The van der Waals surface area contributed by atoms with Crippen molar-refractivity contribution in [2.45, 2.75) is 59.2 Å². The molecule has 0 unspecified atom stereocenters. The fourth-order valence-electron chi connectivity index (χ4n) is 1.90. The zero-order chi connectivity index (χ0) is 14.6. The van der Waals surface area contributed by atoms with Crippen molar-refractivity contribution < 1.29 is 0 Å². The van der Waals surface area contributed by atoms with E-state index in [1.54, 1.807) is 0 Å². The first kappa shape index (κ1) is 16.3. The molecule has 0 saturated carbocycles. The van der Waals surface area contributed by atoms with Gasteiger partial charge in [-0.15, -0.1) is 0 Å². The molecule has 0 spiro atoms. The number of halogens is 1. The second-order valence-electron chi connectivity index (χ2n) is 6.03. The van der Waals surface area contributed by atoms with Crippen LogP contribution in [0, 0.1) is 0 Å². The lowest BCUT2D eigenvalue weighted by atomic mass is 9.98. The number of rotatable bonds is 6. The summed E-state index contributed by atoms with van der Waals surface area (Å²) < 4.78 is 0. The molecule has 0 heterocycles. The Morgan fingerprint density at radius 3 is 2.47 bits per heavy atom. The standard InChI is InChI=1S/C16H27ClN2/c1-7-16(4,5)19(6)15-9-8-14(17)10-13(15)11-18-12(2)3/h8-10,12,18H,7,11H2,1-6H3. The van der Waals surface area contributed by atoms with Crippen molar-refractivity contribution in [1.29, 1.82) is 0 Å². The predicted molar refractivity (Wildman–Crippen MR) is 86.2 cm³/mol. The molecule has 0 aromatic heterocycles. The van der Waals surface area contributed by atoms with Gasteiger partial charge in [-0.1, -0.05) is 32.4 Å². The van der Waals surface area contributed by atoms with Gasteiger partial charge in [0.15, 0.2) is 0 Å². The zero-order valence-corrected chi connectivity index (χ0v) is 13.8. The molecule has 0 fully saturated rings. The van der Waals surface area contributed by atoms with Crippen molar-refractivity contribution in [2.75, 3.05) is 11.9 Å². The van der Waals surface area contributed by atoms with E-state index in [0.717, 1.165) is 18.0 Å². The molecule has 1 aromatic carbocycles. The van der Waals surface area contributed by atoms with E-state index < -0.39 is 0 Å². The fourth-order valence-corrected chi connectivity index (χ4v) is 2.09. The number of hydrogen-bond donors (Lipinski definition) is 1. The maximum Gasteiger partial charge on any atom is 0.0414 e. The van der Waals surface area contributed by atoms with Crippen LogP contribution in [0.1, 0.15) is 46.6 Å². The van der Waals surface area contributed by atoms with Gasteiger partial charge < -0.3 is 10.2 Å². The number of benzene rings is 1. The van der Waals surface area contributed by atoms with Crippen LogP contribution in [0.2, 0.25) is 5.02 Å². The van der Waals surface area contributed by atoms with Gasteiger partial charge in [0.2, 0.25) is 0 Å². The molecular formula is C16H27ClN2. The smallest absolute Gasteiger partial charge is 0.0414 e. The lowest BCUT2D eigenvalue weighted by molar-refractivity contribution is 0.468. The van der Waals surface area contributed by atoms with Crippen LogP contribution in [0.3, 0.4) is 0 Å². The van der Waals surface area contributed by atoms with Crippen LogP contribution in [0.15, 0.2) is 18.2 Å². The summed E-state index contributed by atoms with van der Waals surface area (Å²) >= 11 is 6.14. The van der Waals surface area contributed by atoms with Crippen molar-refractivity contribution in [1.82, 2.24) is 5.32 Å². The lowest BCUT2D eigenvalue weighted by Gasteiger charge is -2.38. The summed E-state index contributed by atoms with van der Waals surface area (Å²) in [4.78, 5) is 2.35. The van der Waals surface area contributed by atoms with Gasteiger partial charge in [0.25, 0.3) is 0 Å². The molecule has 0 aliphatic carbocycles. The van der Waals surface area contributed by atoms with Crippen molar-refractivity contribution in [3.05, 3.63) is 28.8 Å². The highest BCUT2D eigenvalue weighted by molar-refractivity contribution is 6.30. The molecule has 0 saturated heterocycles. The van der Waals surface area contributed by atoms with Crippen LogP contribution in [-0.4, -0.2) is 18.6 Å². The van der Waals surface area contributed by atoms with Crippen molar-refractivity contribution in [2.24, 2.45) is 0 Å². The Bertz CT molecular complexity index is 413. The lowest BCUT2D eigenvalue weighted by Crippen LogP contribution is -2.41. The van der Waals surface area contributed by atoms with Crippen LogP contribution in [0.4, 0.5) is 5.69 Å². The van der Waals surface area contributed by atoms with Gasteiger partial charge in [-0.25, -0.2) is 0 Å². The van der Waals surface area contributed by atoms with Crippen LogP contribution >= 0.6 is 11.6 Å². The summed E-state index contributed by atoms with van der Waals surface area (Å²) in [7, 11) is 2.16. The van der Waals surface area contributed by atoms with E-state index in [2.05, 4.69) is 64.0 Å². The Hall–Kier alpha value is -0.730. The van der Waals surface area contributed by atoms with Crippen LogP contribution in [-0.2, 0) is 6.54 Å². The van der Waals surface area contributed by atoms with E-state index in [4.69, 9.17) is 11.6 Å². The third-order valence-corrected chi connectivity index (χ3v) is 4.11. The number of anilines is 1. The molecule has 19 heavy (non-hydrogen) atoms. The largest absolute Gasteiger partial charge is 0.369 e. The monoisotopic (exact) mass is 282 g/mol. The highest BCUT2D eigenvalue weighted by Crippen LogP contribution is 2.30. The Kier molecular flexibility index (Phi) is 5.69. The molecule has 1 aromatic rings. The zero-order valence-electron chi connectivity index (χ0n) is 13.0. The minimum Gasteiger partial charge on any atom is -0.369 e. The molecule has 0 atom stereocenters. The molecule has 0 radical (unpaired) electrons. The average molecular weight is 283 g/mol. The topological polar surface area (TPSA) is 15.3 Å². The normalized spacial score (nSPS) is 12.0. The molecule has 1 N–H and O–H groups in total. The van der Waals surface area contributed by atoms with E-state index >= 15 is 0 Å². The summed E-state index contributed by atoms with van der Waals surface area (Å²) in [6, 6.07) is 6.63. The molecular weight excluding hydrogens is 256 g/mol. The van der Waals surface area contributed by atoms with Gasteiger partial charge in [0.05, 0.1) is 0 Å². The third kappa shape index (κ3) is 4.39. The summed E-state index contributed by atoms with van der Waals surface area (Å²) in [6.07, 6.45) is 1.10. The van der Waals surface area contributed by atoms with Crippen LogP contribution < -0.4 is 10.2 Å². The Balaban J connectivity index is 3.05. The first-order valence-electron chi connectivity index (χ1n) is 7.03. The highest BCUT2D eigenvalue weighted by atomic mass is 35.5. The van der Waals surface area contributed by atoms with E-state index in [1.165, 1.54) is 11.3 Å². The summed E-state index contributed by atoms with van der Waals surface area (Å²) in [6.45, 7) is 11.9. The first-order valence-corrected chi connectivity index (χ1v) is 7.41. The van der Waals surface area contributed by atoms with E-state index in [9.17, 15) is 0 Å². The third-order valence-electron chi connectivity index (χ3n) is 3.88. The molecule has 1 rings (SSSR count). The molecule has 2 nitrogen and oxygen atoms in total. The van der Waals surface area contributed by atoms with Crippen molar-refractivity contribution in [3.8, 4) is 0 Å². The van der Waals surface area contributed by atoms with Gasteiger partial charge in [-0.2, -0.15) is 0 Å². The number of hydrogen-bond acceptors (Lipinski definition) is 2. The second kappa shape index (κ2) is 6.62. The summed E-state index contributed by atoms with van der Waals surface area (Å²) in [5, 5.41) is 4.27. The fraction of sp³-hybridized carbons (Fsp3) is 0.625. The van der Waals surface area contributed by atoms with Crippen molar-refractivity contribution in [3.63, 3.8) is 0 Å². The summed E-state index contributed by atoms with van der Waals surface area (Å²) in [5.74, 6) is 0. The predicted octanol–water partition coefficient (Wildman–Crippen LogP) is 4.46. The van der Waals surface area contributed by atoms with Crippen LogP contribution in [0.5, 0.6) is 0 Å². The number of nitrogens with one attached hydrogen (secondary N) is 1. The Morgan fingerprint density at radius 1 is 1.32 bits per heavy atom. The van der Waals surface area contributed by atoms with Gasteiger partial charge >= 0.3 is 0 Å². The highest BCUT2D eigenvalue weighted by Gasteiger charge is 2.23. The Labute approximate surface area is 123 Å². The van der Waals surface area contributed by atoms with Gasteiger partial charge in [-0.3, -0.25) is 0 Å².